The van der Waals surface area contributed by atoms with E-state index in [4.69, 9.17) is 16.3 Å². The molecule has 0 radical (unpaired) electrons. The summed E-state index contributed by atoms with van der Waals surface area (Å²) >= 11 is 6.21. The van der Waals surface area contributed by atoms with Crippen LogP contribution in [0.3, 0.4) is 0 Å². The van der Waals surface area contributed by atoms with Crippen molar-refractivity contribution in [3.8, 4) is 0 Å². The summed E-state index contributed by atoms with van der Waals surface area (Å²) in [4.78, 5) is 11.7. The highest BCUT2D eigenvalue weighted by molar-refractivity contribution is 6.31. The molecule has 5 heteroatoms. The van der Waals surface area contributed by atoms with Crippen molar-refractivity contribution < 1.29 is 14.6 Å². The Bertz CT molecular complexity index is 492. The lowest BCUT2D eigenvalue weighted by molar-refractivity contribution is 0.0636. The van der Waals surface area contributed by atoms with Gasteiger partial charge in [-0.15, -0.1) is 0 Å². The number of carbonyl (C=O) groups is 1. The first-order valence-corrected chi connectivity index (χ1v) is 6.84. The van der Waals surface area contributed by atoms with Crippen molar-refractivity contribution in [2.24, 2.45) is 0 Å². The van der Waals surface area contributed by atoms with Crippen molar-refractivity contribution in [1.29, 1.82) is 0 Å². The third-order valence-corrected chi connectivity index (χ3v) is 3.05. The number of carbonyl (C=O) groups excluding carboxylic acids is 1. The second-order valence-corrected chi connectivity index (χ2v) is 6.77. The van der Waals surface area contributed by atoms with Crippen LogP contribution in [-0.4, -0.2) is 23.4 Å². The maximum absolute atomic E-state index is 11.7. The van der Waals surface area contributed by atoms with E-state index in [9.17, 15) is 9.90 Å². The zero-order valence-electron chi connectivity index (χ0n) is 12.6. The van der Waals surface area contributed by atoms with E-state index in [0.717, 1.165) is 5.56 Å². The fraction of sp³-hybridized carbons (Fsp3) is 0.533. The van der Waals surface area contributed by atoms with Crippen molar-refractivity contribution in [2.45, 2.75) is 45.6 Å². The monoisotopic (exact) mass is 299 g/mol. The van der Waals surface area contributed by atoms with Crippen LogP contribution >= 0.6 is 11.6 Å². The second kappa shape index (κ2) is 6.02. The molecule has 1 rings (SSSR count). The third kappa shape index (κ3) is 4.69. The molecule has 0 aliphatic heterocycles. The number of aliphatic hydroxyl groups excluding tert-OH is 1. The Hall–Kier alpha value is -1.26. The number of aliphatic hydroxyl groups is 1. The highest BCUT2D eigenvalue weighted by Crippen LogP contribution is 2.31. The highest BCUT2D eigenvalue weighted by atomic mass is 35.5. The topological polar surface area (TPSA) is 58.6 Å². The fourth-order valence-corrected chi connectivity index (χ4v) is 2.08. The van der Waals surface area contributed by atoms with Gasteiger partial charge in [-0.1, -0.05) is 31.5 Å². The van der Waals surface area contributed by atoms with Gasteiger partial charge in [0.05, 0.1) is 6.61 Å². The van der Waals surface area contributed by atoms with Crippen LogP contribution in [-0.2, 0) is 10.2 Å². The summed E-state index contributed by atoms with van der Waals surface area (Å²) in [5.74, 6) is 0. The van der Waals surface area contributed by atoms with E-state index in [0.29, 0.717) is 10.7 Å². The van der Waals surface area contributed by atoms with E-state index in [1.807, 2.05) is 13.8 Å². The summed E-state index contributed by atoms with van der Waals surface area (Å²) in [5.41, 5.74) is 0.409. The number of nitrogens with one attached hydrogen (secondary N) is 1. The molecule has 0 saturated carbocycles. The summed E-state index contributed by atoms with van der Waals surface area (Å²) in [5, 5.41) is 12.5. The van der Waals surface area contributed by atoms with Gasteiger partial charge in [0, 0.05) is 16.1 Å². The van der Waals surface area contributed by atoms with Crippen LogP contribution in [0, 0.1) is 0 Å². The molecule has 2 N–H and O–H groups in total. The van der Waals surface area contributed by atoms with E-state index < -0.39 is 17.1 Å². The van der Waals surface area contributed by atoms with Crippen LogP contribution in [0.25, 0.3) is 0 Å². The average Bonchev–Trinajstić information content (AvgIpc) is 2.25. The Morgan fingerprint density at radius 1 is 1.30 bits per heavy atom. The minimum Gasteiger partial charge on any atom is -0.444 e. The number of hydrogen-bond donors (Lipinski definition) is 2. The zero-order valence-corrected chi connectivity index (χ0v) is 13.3. The summed E-state index contributed by atoms with van der Waals surface area (Å²) in [6.45, 7) is 9.18. The Balaban J connectivity index is 2.86. The van der Waals surface area contributed by atoms with Crippen molar-refractivity contribution in [3.63, 3.8) is 0 Å². The van der Waals surface area contributed by atoms with E-state index >= 15 is 0 Å². The summed E-state index contributed by atoms with van der Waals surface area (Å²) in [7, 11) is 0. The Labute approximate surface area is 125 Å². The molecule has 0 atom stereocenters. The lowest BCUT2D eigenvalue weighted by Crippen LogP contribution is -2.27. The largest absolute Gasteiger partial charge is 0.444 e. The lowest BCUT2D eigenvalue weighted by Gasteiger charge is -2.24. The van der Waals surface area contributed by atoms with Crippen LogP contribution in [0.15, 0.2) is 18.2 Å². The molecule has 20 heavy (non-hydrogen) atoms. The molecule has 0 aromatic heterocycles. The molecule has 4 nitrogen and oxygen atoms in total. The van der Waals surface area contributed by atoms with Gasteiger partial charge in [0.15, 0.2) is 0 Å². The molecule has 0 heterocycles. The van der Waals surface area contributed by atoms with Crippen LogP contribution < -0.4 is 5.32 Å². The molecular weight excluding hydrogens is 278 g/mol. The molecule has 0 unspecified atom stereocenters. The maximum atomic E-state index is 11.7. The number of rotatable bonds is 3. The number of benzene rings is 1. The van der Waals surface area contributed by atoms with Gasteiger partial charge >= 0.3 is 6.09 Å². The zero-order chi connectivity index (χ0) is 15.6. The molecule has 0 saturated heterocycles. The maximum Gasteiger partial charge on any atom is 0.412 e. The first kappa shape index (κ1) is 16.8. The third-order valence-electron chi connectivity index (χ3n) is 2.74. The van der Waals surface area contributed by atoms with Crippen molar-refractivity contribution in [2.75, 3.05) is 11.9 Å². The SMILES string of the molecule is CC(C)(C)OC(=O)Nc1ccc(C(C)(C)CO)c(Cl)c1. The predicted octanol–water partition coefficient (Wildman–Crippen LogP) is 3.96. The van der Waals surface area contributed by atoms with Gasteiger partial charge in [-0.2, -0.15) is 0 Å². The smallest absolute Gasteiger partial charge is 0.412 e. The van der Waals surface area contributed by atoms with Crippen LogP contribution in [0.5, 0.6) is 0 Å². The minimum atomic E-state index is -0.549. The quantitative estimate of drug-likeness (QED) is 0.888. The Morgan fingerprint density at radius 2 is 1.90 bits per heavy atom. The molecule has 0 fully saturated rings. The average molecular weight is 300 g/mol. The number of amides is 1. The fourth-order valence-electron chi connectivity index (χ4n) is 1.65. The molecular formula is C15H22ClNO3. The summed E-state index contributed by atoms with van der Waals surface area (Å²) in [6.07, 6.45) is -0.525. The van der Waals surface area contributed by atoms with Gasteiger partial charge in [0.25, 0.3) is 0 Å². The first-order chi connectivity index (χ1) is 9.05. The number of halogens is 1. The molecule has 1 aromatic rings. The molecule has 0 spiro atoms. The predicted molar refractivity (Wildman–Crippen MR) is 81.4 cm³/mol. The van der Waals surface area contributed by atoms with Crippen LogP contribution in [0.4, 0.5) is 10.5 Å². The molecule has 0 aliphatic rings. The van der Waals surface area contributed by atoms with Crippen molar-refractivity contribution in [3.05, 3.63) is 28.8 Å². The van der Waals surface area contributed by atoms with Crippen molar-refractivity contribution >= 4 is 23.4 Å². The van der Waals surface area contributed by atoms with Gasteiger partial charge in [-0.3, -0.25) is 5.32 Å². The minimum absolute atomic E-state index is 0.00837. The molecule has 1 aromatic carbocycles. The van der Waals surface area contributed by atoms with Crippen molar-refractivity contribution in [1.82, 2.24) is 0 Å². The molecule has 0 bridgehead atoms. The van der Waals surface area contributed by atoms with E-state index in [1.165, 1.54) is 0 Å². The highest BCUT2D eigenvalue weighted by Gasteiger charge is 2.23. The summed E-state index contributed by atoms with van der Waals surface area (Å²) < 4.78 is 5.17. The van der Waals surface area contributed by atoms with Gasteiger partial charge in [-0.25, -0.2) is 4.79 Å². The second-order valence-electron chi connectivity index (χ2n) is 6.36. The van der Waals surface area contributed by atoms with Gasteiger partial charge in [-0.05, 0) is 38.5 Å². The van der Waals surface area contributed by atoms with E-state index in [1.54, 1.807) is 39.0 Å². The van der Waals surface area contributed by atoms with Gasteiger partial charge in [0.2, 0.25) is 0 Å². The summed E-state index contributed by atoms with van der Waals surface area (Å²) in [6, 6.07) is 5.19. The van der Waals surface area contributed by atoms with Crippen LogP contribution in [0.1, 0.15) is 40.2 Å². The van der Waals surface area contributed by atoms with Gasteiger partial charge < -0.3 is 9.84 Å². The number of anilines is 1. The molecule has 1 amide bonds. The molecule has 112 valence electrons. The van der Waals surface area contributed by atoms with E-state index in [-0.39, 0.29) is 6.61 Å². The Morgan fingerprint density at radius 3 is 2.35 bits per heavy atom. The standard InChI is InChI=1S/C15H22ClNO3/c1-14(2,3)20-13(19)17-10-6-7-11(12(16)8-10)15(4,5)9-18/h6-8,18H,9H2,1-5H3,(H,17,19). The van der Waals surface area contributed by atoms with Gasteiger partial charge in [0.1, 0.15) is 5.60 Å². The molecule has 0 aliphatic carbocycles. The normalized spacial score (nSPS) is 12.2. The van der Waals surface area contributed by atoms with Crippen LogP contribution in [0.2, 0.25) is 5.02 Å². The first-order valence-electron chi connectivity index (χ1n) is 6.46. The number of ether oxygens (including phenoxy) is 1. The number of hydrogen-bond acceptors (Lipinski definition) is 3. The Kier molecular flexibility index (Phi) is 5.05. The van der Waals surface area contributed by atoms with E-state index in [2.05, 4.69) is 5.32 Å². The lowest BCUT2D eigenvalue weighted by atomic mass is 9.85.